The van der Waals surface area contributed by atoms with Crippen LogP contribution in [-0.2, 0) is 16.4 Å². The topological polar surface area (TPSA) is 50.5 Å². The number of sulfonamides is 1. The fraction of sp³-hybridized carbons (Fsp3) is 0.556. The Morgan fingerprint density at radius 3 is 2.71 bits per heavy atom. The van der Waals surface area contributed by atoms with Crippen molar-refractivity contribution in [2.45, 2.75) is 13.3 Å². The minimum atomic E-state index is -3.06. The summed E-state index contributed by atoms with van der Waals surface area (Å²) in [5.41, 5.74) is 0. The summed E-state index contributed by atoms with van der Waals surface area (Å²) in [6.07, 6.45) is 2.20. The molecule has 0 aliphatic carbocycles. The van der Waals surface area contributed by atoms with Gasteiger partial charge in [-0.1, -0.05) is 0 Å². The third-order valence-electron chi connectivity index (χ3n) is 2.09. The Kier molecular flexibility index (Phi) is 3.71. The Hall–Kier alpha value is -0.810. The van der Waals surface area contributed by atoms with Crippen molar-refractivity contribution in [2.75, 3.05) is 19.3 Å². The van der Waals surface area contributed by atoms with Crippen molar-refractivity contribution in [2.24, 2.45) is 0 Å². The van der Waals surface area contributed by atoms with Crippen LogP contribution in [0.2, 0.25) is 0 Å². The maximum atomic E-state index is 11.4. The molecule has 0 unspecified atom stereocenters. The first kappa shape index (κ1) is 11.3. The summed E-state index contributed by atoms with van der Waals surface area (Å²) in [5.74, 6) is 0.949. The second-order valence-electron chi connectivity index (χ2n) is 3.05. The largest absolute Gasteiger partial charge is 0.469 e. The van der Waals surface area contributed by atoms with Crippen molar-refractivity contribution >= 4 is 10.0 Å². The molecule has 80 valence electrons. The van der Waals surface area contributed by atoms with Crippen LogP contribution in [0.4, 0.5) is 0 Å². The Bertz CT molecular complexity index is 355. The lowest BCUT2D eigenvalue weighted by Crippen LogP contribution is -2.30. The summed E-state index contributed by atoms with van der Waals surface area (Å²) in [7, 11) is -1.47. The van der Waals surface area contributed by atoms with E-state index < -0.39 is 10.0 Å². The van der Waals surface area contributed by atoms with Crippen LogP contribution in [0, 0.1) is 0 Å². The summed E-state index contributed by atoms with van der Waals surface area (Å²) >= 11 is 0. The van der Waals surface area contributed by atoms with E-state index in [0.29, 0.717) is 13.0 Å². The minimum absolute atomic E-state index is 0.141. The van der Waals surface area contributed by atoms with Crippen LogP contribution in [0.5, 0.6) is 0 Å². The van der Waals surface area contributed by atoms with Crippen LogP contribution < -0.4 is 0 Å². The van der Waals surface area contributed by atoms with Gasteiger partial charge in [0, 0.05) is 20.0 Å². The zero-order valence-corrected chi connectivity index (χ0v) is 9.25. The van der Waals surface area contributed by atoms with Gasteiger partial charge in [-0.25, -0.2) is 12.7 Å². The fourth-order valence-electron chi connectivity index (χ4n) is 1.08. The van der Waals surface area contributed by atoms with E-state index in [1.54, 1.807) is 26.3 Å². The highest BCUT2D eigenvalue weighted by Gasteiger charge is 2.14. The molecular formula is C9H15NO3S. The fourth-order valence-corrected chi connectivity index (χ4v) is 1.89. The molecule has 0 saturated carbocycles. The molecule has 1 heterocycles. The molecule has 1 aromatic rings. The van der Waals surface area contributed by atoms with Gasteiger partial charge < -0.3 is 4.42 Å². The van der Waals surface area contributed by atoms with Crippen molar-refractivity contribution in [3.63, 3.8) is 0 Å². The van der Waals surface area contributed by atoms with E-state index in [9.17, 15) is 8.42 Å². The predicted octanol–water partition coefficient (Wildman–Crippen LogP) is 1.10. The SMILES string of the molecule is CCS(=O)(=O)N(C)CCc1ccco1. The molecule has 0 aliphatic rings. The molecule has 0 spiro atoms. The van der Waals surface area contributed by atoms with E-state index in [1.165, 1.54) is 4.31 Å². The summed E-state index contributed by atoms with van der Waals surface area (Å²) in [6, 6.07) is 3.63. The summed E-state index contributed by atoms with van der Waals surface area (Å²) in [5, 5.41) is 0. The van der Waals surface area contributed by atoms with Gasteiger partial charge in [0.25, 0.3) is 0 Å². The Labute approximate surface area is 84.6 Å². The van der Waals surface area contributed by atoms with Crippen LogP contribution in [0.25, 0.3) is 0 Å². The molecule has 0 aromatic carbocycles. The van der Waals surface area contributed by atoms with Gasteiger partial charge in [0.1, 0.15) is 5.76 Å². The number of likely N-dealkylation sites (N-methyl/N-ethyl adjacent to an activating group) is 1. The van der Waals surface area contributed by atoms with Crippen LogP contribution in [0.15, 0.2) is 22.8 Å². The van der Waals surface area contributed by atoms with Crippen LogP contribution in [0.1, 0.15) is 12.7 Å². The summed E-state index contributed by atoms with van der Waals surface area (Å²) in [4.78, 5) is 0. The lowest BCUT2D eigenvalue weighted by Gasteiger charge is -2.14. The van der Waals surface area contributed by atoms with E-state index in [2.05, 4.69) is 0 Å². The average molecular weight is 217 g/mol. The molecule has 1 rings (SSSR count). The first-order valence-corrected chi connectivity index (χ1v) is 6.13. The van der Waals surface area contributed by atoms with Crippen molar-refractivity contribution in [3.8, 4) is 0 Å². The lowest BCUT2D eigenvalue weighted by atomic mass is 10.3. The Morgan fingerprint density at radius 2 is 2.21 bits per heavy atom. The van der Waals surface area contributed by atoms with Crippen molar-refractivity contribution in [1.82, 2.24) is 4.31 Å². The van der Waals surface area contributed by atoms with E-state index in [1.807, 2.05) is 6.07 Å². The molecule has 0 amide bonds. The standard InChI is InChI=1S/C9H15NO3S/c1-3-14(11,12)10(2)7-6-9-5-4-8-13-9/h4-5,8H,3,6-7H2,1-2H3. The van der Waals surface area contributed by atoms with Crippen molar-refractivity contribution in [1.29, 1.82) is 0 Å². The monoisotopic (exact) mass is 217 g/mol. The molecule has 0 saturated heterocycles. The van der Waals surface area contributed by atoms with E-state index in [-0.39, 0.29) is 5.75 Å². The number of hydrogen-bond acceptors (Lipinski definition) is 3. The maximum Gasteiger partial charge on any atom is 0.213 e. The lowest BCUT2D eigenvalue weighted by molar-refractivity contribution is 0.442. The summed E-state index contributed by atoms with van der Waals surface area (Å²) in [6.45, 7) is 2.10. The third-order valence-corrected chi connectivity index (χ3v) is 3.95. The second kappa shape index (κ2) is 4.61. The highest BCUT2D eigenvalue weighted by atomic mass is 32.2. The maximum absolute atomic E-state index is 11.4. The molecule has 0 atom stereocenters. The van der Waals surface area contributed by atoms with Gasteiger partial charge in [-0.15, -0.1) is 0 Å². The second-order valence-corrected chi connectivity index (χ2v) is 5.42. The number of hydrogen-bond donors (Lipinski definition) is 0. The summed E-state index contributed by atoms with van der Waals surface area (Å²) < 4.78 is 29.2. The van der Waals surface area contributed by atoms with Gasteiger partial charge >= 0.3 is 0 Å². The molecule has 0 fully saturated rings. The molecule has 0 bridgehead atoms. The zero-order chi connectivity index (χ0) is 10.6. The van der Waals surface area contributed by atoms with Gasteiger partial charge in [-0.3, -0.25) is 0 Å². The van der Waals surface area contributed by atoms with Gasteiger partial charge in [0.05, 0.1) is 12.0 Å². The quantitative estimate of drug-likeness (QED) is 0.742. The van der Waals surface area contributed by atoms with Crippen LogP contribution in [0.3, 0.4) is 0 Å². The van der Waals surface area contributed by atoms with Crippen LogP contribution in [-0.4, -0.2) is 32.1 Å². The normalized spacial score (nSPS) is 12.2. The van der Waals surface area contributed by atoms with E-state index in [0.717, 1.165) is 5.76 Å². The van der Waals surface area contributed by atoms with Crippen molar-refractivity contribution in [3.05, 3.63) is 24.2 Å². The van der Waals surface area contributed by atoms with Gasteiger partial charge in [-0.2, -0.15) is 0 Å². The smallest absolute Gasteiger partial charge is 0.213 e. The number of furan rings is 1. The van der Waals surface area contributed by atoms with Gasteiger partial charge in [0.2, 0.25) is 10.0 Å². The zero-order valence-electron chi connectivity index (χ0n) is 8.43. The van der Waals surface area contributed by atoms with Gasteiger partial charge in [-0.05, 0) is 19.1 Å². The third kappa shape index (κ3) is 2.85. The van der Waals surface area contributed by atoms with Gasteiger partial charge in [0.15, 0.2) is 0 Å². The molecule has 0 N–H and O–H groups in total. The molecular weight excluding hydrogens is 202 g/mol. The minimum Gasteiger partial charge on any atom is -0.469 e. The molecule has 0 aliphatic heterocycles. The molecule has 1 aromatic heterocycles. The highest BCUT2D eigenvalue weighted by molar-refractivity contribution is 7.89. The number of rotatable bonds is 5. The first-order chi connectivity index (χ1) is 6.56. The average Bonchev–Trinajstić information content (AvgIpc) is 2.66. The first-order valence-electron chi connectivity index (χ1n) is 4.52. The van der Waals surface area contributed by atoms with E-state index in [4.69, 9.17) is 4.42 Å². The molecule has 14 heavy (non-hydrogen) atoms. The molecule has 0 radical (unpaired) electrons. The van der Waals surface area contributed by atoms with Crippen LogP contribution >= 0.6 is 0 Å². The number of nitrogens with zero attached hydrogens (tertiary/aromatic N) is 1. The molecule has 5 heteroatoms. The molecule has 4 nitrogen and oxygen atoms in total. The highest BCUT2D eigenvalue weighted by Crippen LogP contribution is 2.04. The van der Waals surface area contributed by atoms with Crippen molar-refractivity contribution < 1.29 is 12.8 Å². The Morgan fingerprint density at radius 1 is 1.50 bits per heavy atom. The Balaban J connectivity index is 2.47. The van der Waals surface area contributed by atoms with E-state index >= 15 is 0 Å². The predicted molar refractivity (Wildman–Crippen MR) is 54.5 cm³/mol.